The summed E-state index contributed by atoms with van der Waals surface area (Å²) in [4.78, 5) is 0. The predicted octanol–water partition coefficient (Wildman–Crippen LogP) is 2.24. The van der Waals surface area contributed by atoms with Gasteiger partial charge in [-0.05, 0) is 44.9 Å². The number of rotatable bonds is 5. The zero-order valence-electron chi connectivity index (χ0n) is 12.1. The van der Waals surface area contributed by atoms with E-state index in [1.807, 2.05) is 4.31 Å². The van der Waals surface area contributed by atoms with Crippen LogP contribution in [0.15, 0.2) is 0 Å². The van der Waals surface area contributed by atoms with Crippen LogP contribution in [0.1, 0.15) is 64.7 Å². The number of nitrogens with two attached hydrogens (primary N) is 1. The molecular formula is C14H28N2O2S. The molecule has 0 heterocycles. The quantitative estimate of drug-likeness (QED) is 0.844. The first-order valence-electron chi connectivity index (χ1n) is 7.82. The molecule has 0 aromatic heterocycles. The van der Waals surface area contributed by atoms with Crippen molar-refractivity contribution in [2.24, 2.45) is 5.73 Å². The molecule has 0 aromatic carbocycles. The van der Waals surface area contributed by atoms with E-state index in [0.717, 1.165) is 57.8 Å². The normalized spacial score (nSPS) is 30.1. The van der Waals surface area contributed by atoms with E-state index in [4.69, 9.17) is 5.73 Å². The maximum Gasteiger partial charge on any atom is 0.217 e. The van der Waals surface area contributed by atoms with Gasteiger partial charge in [-0.15, -0.1) is 0 Å². The summed E-state index contributed by atoms with van der Waals surface area (Å²) < 4.78 is 27.4. The molecule has 0 spiro atoms. The van der Waals surface area contributed by atoms with Crippen molar-refractivity contribution < 1.29 is 8.42 Å². The third kappa shape index (κ3) is 3.50. The summed E-state index contributed by atoms with van der Waals surface area (Å²) in [7, 11) is -3.09. The van der Waals surface area contributed by atoms with Gasteiger partial charge in [-0.2, -0.15) is 4.31 Å². The third-order valence-corrected chi connectivity index (χ3v) is 7.09. The van der Waals surface area contributed by atoms with Crippen molar-refractivity contribution in [1.29, 1.82) is 0 Å². The van der Waals surface area contributed by atoms with Gasteiger partial charge in [0.15, 0.2) is 0 Å². The average molecular weight is 288 g/mol. The Kier molecular flexibility index (Phi) is 5.26. The molecule has 0 saturated heterocycles. The Bertz CT molecular complexity index is 369. The molecule has 2 fully saturated rings. The number of hydrogen-bond donors (Lipinski definition) is 1. The van der Waals surface area contributed by atoms with Crippen molar-refractivity contribution >= 4 is 10.0 Å². The number of hydrogen-bond acceptors (Lipinski definition) is 3. The van der Waals surface area contributed by atoms with Crippen molar-refractivity contribution in [2.75, 3.05) is 6.54 Å². The fraction of sp³-hybridized carbons (Fsp3) is 1.00. The molecule has 19 heavy (non-hydrogen) atoms. The molecule has 0 aromatic rings. The van der Waals surface area contributed by atoms with E-state index < -0.39 is 10.0 Å². The monoisotopic (exact) mass is 288 g/mol. The SMILES string of the molecule is CCCN(C1CCC(N)CC1)S(=O)(=O)C1CCCC1. The van der Waals surface area contributed by atoms with Crippen molar-refractivity contribution in [2.45, 2.75) is 82.0 Å². The van der Waals surface area contributed by atoms with Crippen LogP contribution in [0.5, 0.6) is 0 Å². The van der Waals surface area contributed by atoms with Gasteiger partial charge in [0.05, 0.1) is 5.25 Å². The summed E-state index contributed by atoms with van der Waals surface area (Å²) in [5, 5.41) is -0.116. The van der Waals surface area contributed by atoms with Crippen LogP contribution in [-0.4, -0.2) is 36.6 Å². The Labute approximate surface area is 117 Å². The molecule has 2 aliphatic rings. The van der Waals surface area contributed by atoms with Crippen LogP contribution < -0.4 is 5.73 Å². The summed E-state index contributed by atoms with van der Waals surface area (Å²) in [6.07, 6.45) is 8.55. The van der Waals surface area contributed by atoms with Crippen molar-refractivity contribution in [1.82, 2.24) is 4.31 Å². The highest BCUT2D eigenvalue weighted by Gasteiger charge is 2.38. The molecule has 0 amide bonds. The summed E-state index contributed by atoms with van der Waals surface area (Å²) in [6.45, 7) is 2.74. The minimum absolute atomic E-state index is 0.116. The second-order valence-corrected chi connectivity index (χ2v) is 8.30. The van der Waals surface area contributed by atoms with Gasteiger partial charge in [0.25, 0.3) is 0 Å². The fourth-order valence-corrected chi connectivity index (χ4v) is 5.88. The van der Waals surface area contributed by atoms with Gasteiger partial charge in [-0.1, -0.05) is 19.8 Å². The summed E-state index contributed by atoms with van der Waals surface area (Å²) in [6, 6.07) is 0.472. The lowest BCUT2D eigenvalue weighted by molar-refractivity contribution is 0.238. The smallest absolute Gasteiger partial charge is 0.217 e. The van der Waals surface area contributed by atoms with E-state index in [2.05, 4.69) is 6.92 Å². The average Bonchev–Trinajstić information content (AvgIpc) is 2.92. The lowest BCUT2D eigenvalue weighted by Crippen LogP contribution is -2.47. The maximum absolute atomic E-state index is 12.8. The topological polar surface area (TPSA) is 63.4 Å². The molecular weight excluding hydrogens is 260 g/mol. The van der Waals surface area contributed by atoms with E-state index in [9.17, 15) is 8.42 Å². The van der Waals surface area contributed by atoms with E-state index in [1.54, 1.807) is 0 Å². The highest BCUT2D eigenvalue weighted by Crippen LogP contribution is 2.31. The standard InChI is InChI=1S/C14H28N2O2S/c1-2-11-16(13-9-7-12(15)8-10-13)19(17,18)14-5-3-4-6-14/h12-14H,2-11,15H2,1H3. The molecule has 0 bridgehead atoms. The Balaban J connectivity index is 2.10. The van der Waals surface area contributed by atoms with Crippen molar-refractivity contribution in [3.05, 3.63) is 0 Å². The van der Waals surface area contributed by atoms with Crippen LogP contribution in [-0.2, 0) is 10.0 Å². The summed E-state index contributed by atoms with van der Waals surface area (Å²) >= 11 is 0. The van der Waals surface area contributed by atoms with Gasteiger partial charge in [0.1, 0.15) is 0 Å². The summed E-state index contributed by atoms with van der Waals surface area (Å²) in [5.74, 6) is 0. The fourth-order valence-electron chi connectivity index (χ4n) is 3.51. The first-order chi connectivity index (χ1) is 9.05. The van der Waals surface area contributed by atoms with Crippen LogP contribution in [0.25, 0.3) is 0 Å². The lowest BCUT2D eigenvalue weighted by atomic mass is 9.92. The highest BCUT2D eigenvalue weighted by molar-refractivity contribution is 7.89. The van der Waals surface area contributed by atoms with E-state index in [1.165, 1.54) is 0 Å². The van der Waals surface area contributed by atoms with Crippen LogP contribution in [0.3, 0.4) is 0 Å². The van der Waals surface area contributed by atoms with Crippen LogP contribution >= 0.6 is 0 Å². The molecule has 0 radical (unpaired) electrons. The zero-order chi connectivity index (χ0) is 13.9. The van der Waals surface area contributed by atoms with Gasteiger partial charge < -0.3 is 5.73 Å². The van der Waals surface area contributed by atoms with Crippen LogP contribution in [0.2, 0.25) is 0 Å². The Morgan fingerprint density at radius 3 is 2.16 bits per heavy atom. The van der Waals surface area contributed by atoms with Gasteiger partial charge in [0.2, 0.25) is 10.0 Å². The number of nitrogens with zero attached hydrogens (tertiary/aromatic N) is 1. The van der Waals surface area contributed by atoms with Gasteiger partial charge >= 0.3 is 0 Å². The highest BCUT2D eigenvalue weighted by atomic mass is 32.2. The zero-order valence-corrected chi connectivity index (χ0v) is 12.9. The molecule has 4 nitrogen and oxygen atoms in total. The molecule has 5 heteroatoms. The largest absolute Gasteiger partial charge is 0.328 e. The molecule has 0 unspecified atom stereocenters. The molecule has 0 atom stereocenters. The predicted molar refractivity (Wildman–Crippen MR) is 78.4 cm³/mol. The second kappa shape index (κ2) is 6.55. The van der Waals surface area contributed by atoms with Crippen LogP contribution in [0, 0.1) is 0 Å². The summed E-state index contributed by atoms with van der Waals surface area (Å²) in [5.41, 5.74) is 5.93. The number of sulfonamides is 1. The van der Waals surface area contributed by atoms with Crippen molar-refractivity contribution in [3.8, 4) is 0 Å². The Morgan fingerprint density at radius 2 is 1.63 bits per heavy atom. The molecule has 2 saturated carbocycles. The van der Waals surface area contributed by atoms with Gasteiger partial charge in [0, 0.05) is 18.6 Å². The minimum Gasteiger partial charge on any atom is -0.328 e. The maximum atomic E-state index is 12.8. The minimum atomic E-state index is -3.09. The first-order valence-corrected chi connectivity index (χ1v) is 9.32. The van der Waals surface area contributed by atoms with Crippen LogP contribution in [0.4, 0.5) is 0 Å². The second-order valence-electron chi connectivity index (χ2n) is 6.13. The molecule has 0 aliphatic heterocycles. The van der Waals surface area contributed by atoms with Crippen molar-refractivity contribution in [3.63, 3.8) is 0 Å². The molecule has 2 N–H and O–H groups in total. The Morgan fingerprint density at radius 1 is 1.05 bits per heavy atom. The first kappa shape index (κ1) is 15.3. The molecule has 2 aliphatic carbocycles. The lowest BCUT2D eigenvalue weighted by Gasteiger charge is -2.36. The van der Waals surface area contributed by atoms with E-state index in [0.29, 0.717) is 6.54 Å². The molecule has 112 valence electrons. The Hall–Kier alpha value is -0.130. The molecule has 2 rings (SSSR count). The van der Waals surface area contributed by atoms with E-state index in [-0.39, 0.29) is 17.3 Å². The third-order valence-electron chi connectivity index (χ3n) is 4.64. The van der Waals surface area contributed by atoms with E-state index >= 15 is 0 Å². The van der Waals surface area contributed by atoms with Gasteiger partial charge in [-0.3, -0.25) is 0 Å². The van der Waals surface area contributed by atoms with Gasteiger partial charge in [-0.25, -0.2) is 8.42 Å².